The van der Waals surface area contributed by atoms with Gasteiger partial charge in [0, 0.05) is 39.3 Å². The molecule has 8 aromatic rings. The molecule has 0 unspecified atom stereocenters. The molecule has 0 N–H and O–H groups in total. The summed E-state index contributed by atoms with van der Waals surface area (Å²) < 4.78 is 16.7. The van der Waals surface area contributed by atoms with Crippen LogP contribution in [0.1, 0.15) is 6.42 Å². The second kappa shape index (κ2) is 10.7. The molecule has 0 amide bonds. The normalized spacial score (nSPS) is 11.5. The maximum Gasteiger partial charge on any atom is 0.119 e. The van der Waals surface area contributed by atoms with E-state index in [1.807, 2.05) is 24.3 Å². The van der Waals surface area contributed by atoms with E-state index in [2.05, 4.69) is 130 Å². The van der Waals surface area contributed by atoms with Gasteiger partial charge in [-0.05, 0) is 72.8 Å². The van der Waals surface area contributed by atoms with E-state index in [9.17, 15) is 0 Å². The van der Waals surface area contributed by atoms with Crippen molar-refractivity contribution < 1.29 is 9.47 Å². The second-order valence-electron chi connectivity index (χ2n) is 10.8. The Morgan fingerprint density at radius 1 is 0.349 bits per heavy atom. The van der Waals surface area contributed by atoms with Gasteiger partial charge >= 0.3 is 0 Å². The number of aromatic nitrogens is 2. The largest absolute Gasteiger partial charge is 0.493 e. The highest BCUT2D eigenvalue weighted by atomic mass is 16.5. The topological polar surface area (TPSA) is 28.3 Å². The van der Waals surface area contributed by atoms with Crippen LogP contribution in [0, 0.1) is 0 Å². The molecule has 0 saturated heterocycles. The monoisotopic (exact) mass is 558 g/mol. The van der Waals surface area contributed by atoms with Crippen LogP contribution < -0.4 is 9.47 Å². The molecule has 0 saturated carbocycles. The van der Waals surface area contributed by atoms with E-state index in [1.165, 1.54) is 43.6 Å². The molecule has 2 aromatic heterocycles. The van der Waals surface area contributed by atoms with Crippen molar-refractivity contribution in [2.24, 2.45) is 0 Å². The number of para-hydroxylation sites is 4. The third kappa shape index (κ3) is 4.48. The lowest BCUT2D eigenvalue weighted by molar-refractivity contribution is 0.247. The maximum absolute atomic E-state index is 6.05. The van der Waals surface area contributed by atoms with Crippen LogP contribution in [0.3, 0.4) is 0 Å². The Morgan fingerprint density at radius 2 is 0.651 bits per heavy atom. The zero-order chi connectivity index (χ0) is 28.6. The van der Waals surface area contributed by atoms with Gasteiger partial charge in [0.1, 0.15) is 11.5 Å². The average molecular weight is 559 g/mol. The summed E-state index contributed by atoms with van der Waals surface area (Å²) >= 11 is 0. The second-order valence-corrected chi connectivity index (χ2v) is 10.8. The number of fused-ring (bicyclic) bond motifs is 6. The van der Waals surface area contributed by atoms with Crippen molar-refractivity contribution in [1.29, 1.82) is 0 Å². The van der Waals surface area contributed by atoms with Crippen molar-refractivity contribution in [3.8, 4) is 22.9 Å². The standard InChI is InChI=1S/C39H30N2O2/c1-5-14-36-32(10-1)33-11-2-6-15-37(33)40(36)28-18-22-30(23-19-28)42-26-9-27-43-31-24-20-29(21-25-31)41-38-16-7-3-12-34(38)35-13-4-8-17-39(35)41/h1-8,10-25H,9,26-27H2. The summed E-state index contributed by atoms with van der Waals surface area (Å²) in [4.78, 5) is 0. The highest BCUT2D eigenvalue weighted by Crippen LogP contribution is 2.33. The molecule has 0 radical (unpaired) electrons. The third-order valence-corrected chi connectivity index (χ3v) is 8.18. The fourth-order valence-electron chi connectivity index (χ4n) is 6.22. The van der Waals surface area contributed by atoms with E-state index in [0.29, 0.717) is 13.2 Å². The van der Waals surface area contributed by atoms with Crippen molar-refractivity contribution in [2.45, 2.75) is 6.42 Å². The van der Waals surface area contributed by atoms with E-state index < -0.39 is 0 Å². The quantitative estimate of drug-likeness (QED) is 0.174. The summed E-state index contributed by atoms with van der Waals surface area (Å²) in [6.07, 6.45) is 0.795. The van der Waals surface area contributed by atoms with Gasteiger partial charge in [0.05, 0.1) is 35.3 Å². The first-order valence-electron chi connectivity index (χ1n) is 14.8. The molecule has 0 bridgehead atoms. The molecule has 4 heteroatoms. The molecule has 0 aliphatic carbocycles. The van der Waals surface area contributed by atoms with Gasteiger partial charge in [0.25, 0.3) is 0 Å². The number of hydrogen-bond acceptors (Lipinski definition) is 2. The summed E-state index contributed by atoms with van der Waals surface area (Å²) in [5, 5.41) is 5.05. The maximum atomic E-state index is 6.05. The van der Waals surface area contributed by atoms with E-state index >= 15 is 0 Å². The SMILES string of the molecule is c1ccc2c(c1)c1ccccc1n2-c1ccc(OCCCOc2ccc(-n3c4ccccc4c4ccccc43)cc2)cc1. The summed E-state index contributed by atoms with van der Waals surface area (Å²) in [6, 6.07) is 50.9. The van der Waals surface area contributed by atoms with Gasteiger partial charge in [0.15, 0.2) is 0 Å². The predicted octanol–water partition coefficient (Wildman–Crippen LogP) is 9.73. The minimum atomic E-state index is 0.591. The van der Waals surface area contributed by atoms with Crippen molar-refractivity contribution in [2.75, 3.05) is 13.2 Å². The minimum absolute atomic E-state index is 0.591. The van der Waals surface area contributed by atoms with Gasteiger partial charge in [-0.3, -0.25) is 0 Å². The number of rotatable bonds is 8. The van der Waals surface area contributed by atoms with Crippen LogP contribution in [0.4, 0.5) is 0 Å². The lowest BCUT2D eigenvalue weighted by Crippen LogP contribution is -2.05. The van der Waals surface area contributed by atoms with Crippen molar-refractivity contribution in [3.05, 3.63) is 146 Å². The van der Waals surface area contributed by atoms with Gasteiger partial charge < -0.3 is 18.6 Å². The average Bonchev–Trinajstić information content (AvgIpc) is 3.59. The van der Waals surface area contributed by atoms with E-state index in [0.717, 1.165) is 29.3 Å². The fraction of sp³-hybridized carbons (Fsp3) is 0.0769. The number of nitrogens with zero attached hydrogens (tertiary/aromatic N) is 2. The van der Waals surface area contributed by atoms with Gasteiger partial charge in [-0.2, -0.15) is 0 Å². The van der Waals surface area contributed by atoms with Gasteiger partial charge in [-0.1, -0.05) is 72.8 Å². The van der Waals surface area contributed by atoms with E-state index in [4.69, 9.17) is 9.47 Å². The molecule has 0 atom stereocenters. The van der Waals surface area contributed by atoms with Gasteiger partial charge in [-0.15, -0.1) is 0 Å². The van der Waals surface area contributed by atoms with E-state index in [-0.39, 0.29) is 0 Å². The van der Waals surface area contributed by atoms with Crippen LogP contribution in [0.5, 0.6) is 11.5 Å². The van der Waals surface area contributed by atoms with Gasteiger partial charge in [0.2, 0.25) is 0 Å². The molecule has 6 aromatic carbocycles. The van der Waals surface area contributed by atoms with Crippen LogP contribution in [0.2, 0.25) is 0 Å². The zero-order valence-corrected chi connectivity index (χ0v) is 23.7. The smallest absolute Gasteiger partial charge is 0.119 e. The third-order valence-electron chi connectivity index (χ3n) is 8.18. The van der Waals surface area contributed by atoms with Crippen molar-refractivity contribution >= 4 is 43.6 Å². The fourth-order valence-corrected chi connectivity index (χ4v) is 6.22. The number of ether oxygens (including phenoxy) is 2. The zero-order valence-electron chi connectivity index (χ0n) is 23.7. The van der Waals surface area contributed by atoms with Gasteiger partial charge in [-0.25, -0.2) is 0 Å². The van der Waals surface area contributed by atoms with Crippen LogP contribution in [-0.2, 0) is 0 Å². The van der Waals surface area contributed by atoms with Crippen LogP contribution in [0.15, 0.2) is 146 Å². The Balaban J connectivity index is 0.904. The molecular formula is C39H30N2O2. The molecular weight excluding hydrogens is 528 g/mol. The molecule has 2 heterocycles. The summed E-state index contributed by atoms with van der Waals surface area (Å²) in [6.45, 7) is 1.18. The first-order chi connectivity index (χ1) is 21.3. The Labute approximate surface area is 249 Å². The first kappa shape index (κ1) is 25.2. The Kier molecular flexibility index (Phi) is 6.30. The summed E-state index contributed by atoms with van der Waals surface area (Å²) in [5.74, 6) is 1.72. The van der Waals surface area contributed by atoms with Crippen molar-refractivity contribution in [3.63, 3.8) is 0 Å². The van der Waals surface area contributed by atoms with E-state index in [1.54, 1.807) is 0 Å². The molecule has 0 aliphatic heterocycles. The Hall–Kier alpha value is -5.48. The lowest BCUT2D eigenvalue weighted by Gasteiger charge is -2.11. The molecule has 43 heavy (non-hydrogen) atoms. The summed E-state index contributed by atoms with van der Waals surface area (Å²) in [7, 11) is 0. The molecule has 208 valence electrons. The highest BCUT2D eigenvalue weighted by Gasteiger charge is 2.12. The summed E-state index contributed by atoms with van der Waals surface area (Å²) in [5.41, 5.74) is 7.07. The molecule has 0 spiro atoms. The molecule has 8 rings (SSSR count). The first-order valence-corrected chi connectivity index (χ1v) is 14.8. The predicted molar refractivity (Wildman–Crippen MR) is 177 cm³/mol. The molecule has 0 fully saturated rings. The van der Waals surface area contributed by atoms with Crippen LogP contribution >= 0.6 is 0 Å². The number of hydrogen-bond donors (Lipinski definition) is 0. The van der Waals surface area contributed by atoms with Crippen molar-refractivity contribution in [1.82, 2.24) is 9.13 Å². The highest BCUT2D eigenvalue weighted by molar-refractivity contribution is 6.10. The van der Waals surface area contributed by atoms with Crippen LogP contribution in [0.25, 0.3) is 55.0 Å². The Bertz CT molecular complexity index is 1940. The Morgan fingerprint density at radius 3 is 0.977 bits per heavy atom. The molecule has 4 nitrogen and oxygen atoms in total. The van der Waals surface area contributed by atoms with Crippen LogP contribution in [-0.4, -0.2) is 22.3 Å². The minimum Gasteiger partial charge on any atom is -0.493 e. The lowest BCUT2D eigenvalue weighted by atomic mass is 10.2. The number of benzene rings is 6. The molecule has 0 aliphatic rings.